The molecule has 1 saturated heterocycles. The zero-order valence-corrected chi connectivity index (χ0v) is 14.9. The molecule has 27 heavy (non-hydrogen) atoms. The summed E-state index contributed by atoms with van der Waals surface area (Å²) in [5.74, 6) is 0. The summed E-state index contributed by atoms with van der Waals surface area (Å²) in [5, 5.41) is 6.30. The minimum Gasteiger partial charge on any atom is -0.381 e. The molecule has 0 saturated carbocycles. The van der Waals surface area contributed by atoms with Gasteiger partial charge in [0, 0.05) is 66.9 Å². The lowest BCUT2D eigenvalue weighted by Gasteiger charge is -2.27. The summed E-state index contributed by atoms with van der Waals surface area (Å²) in [5.41, 5.74) is 5.04. The van der Waals surface area contributed by atoms with Crippen LogP contribution in [-0.2, 0) is 6.54 Å². The zero-order valence-electron chi connectivity index (χ0n) is 14.9. The number of aromatic nitrogens is 2. The number of hydrogen-bond acceptors (Lipinski definition) is 4. The van der Waals surface area contributed by atoms with Gasteiger partial charge in [-0.3, -0.25) is 14.9 Å². The third kappa shape index (κ3) is 4.06. The van der Waals surface area contributed by atoms with Crippen LogP contribution >= 0.6 is 0 Å². The van der Waals surface area contributed by atoms with Crippen molar-refractivity contribution in [3.63, 3.8) is 0 Å². The van der Waals surface area contributed by atoms with Crippen molar-refractivity contribution >= 4 is 17.4 Å². The first-order valence-electron chi connectivity index (χ1n) is 9.03. The molecule has 0 aliphatic carbocycles. The third-order valence-electron chi connectivity index (χ3n) is 4.52. The fourth-order valence-electron chi connectivity index (χ4n) is 3.14. The predicted molar refractivity (Wildman–Crippen MR) is 107 cm³/mol. The summed E-state index contributed by atoms with van der Waals surface area (Å²) >= 11 is 0. The lowest BCUT2D eigenvalue weighted by Crippen LogP contribution is -2.46. The van der Waals surface area contributed by atoms with Gasteiger partial charge >= 0.3 is 6.03 Å². The van der Waals surface area contributed by atoms with Gasteiger partial charge in [0.1, 0.15) is 0 Å². The molecule has 3 heterocycles. The second kappa shape index (κ2) is 7.86. The molecule has 3 aromatic rings. The third-order valence-corrected chi connectivity index (χ3v) is 4.52. The predicted octanol–water partition coefficient (Wildman–Crippen LogP) is 3.68. The molecule has 0 unspecified atom stereocenters. The molecular weight excluding hydrogens is 338 g/mol. The van der Waals surface area contributed by atoms with Crippen LogP contribution in [0.2, 0.25) is 0 Å². The summed E-state index contributed by atoms with van der Waals surface area (Å²) in [6, 6.07) is 13.9. The number of nitrogens with one attached hydrogen (secondary N) is 2. The molecule has 1 aliphatic heterocycles. The summed E-state index contributed by atoms with van der Waals surface area (Å²) < 4.78 is 0. The highest BCUT2D eigenvalue weighted by Crippen LogP contribution is 2.22. The second-order valence-electron chi connectivity index (χ2n) is 6.46. The van der Waals surface area contributed by atoms with Gasteiger partial charge in [0.25, 0.3) is 0 Å². The van der Waals surface area contributed by atoms with E-state index in [9.17, 15) is 4.79 Å². The molecule has 6 nitrogen and oxygen atoms in total. The number of hydrogen-bond donors (Lipinski definition) is 2. The molecule has 2 aromatic heterocycles. The van der Waals surface area contributed by atoms with Gasteiger partial charge in [0.05, 0.1) is 0 Å². The van der Waals surface area contributed by atoms with E-state index in [1.54, 1.807) is 11.1 Å². The summed E-state index contributed by atoms with van der Waals surface area (Å²) in [7, 11) is 0. The van der Waals surface area contributed by atoms with Crippen molar-refractivity contribution in [2.45, 2.75) is 13.0 Å². The molecule has 2 N–H and O–H groups in total. The van der Waals surface area contributed by atoms with E-state index in [0.29, 0.717) is 6.54 Å². The van der Waals surface area contributed by atoms with Crippen LogP contribution in [0.3, 0.4) is 0 Å². The maximum Gasteiger partial charge on any atom is 0.321 e. The number of anilines is 2. The molecule has 2 amide bonds. The number of rotatable bonds is 5. The van der Waals surface area contributed by atoms with E-state index in [-0.39, 0.29) is 6.03 Å². The number of urea groups is 1. The van der Waals surface area contributed by atoms with Gasteiger partial charge in [-0.25, -0.2) is 4.79 Å². The first kappa shape index (κ1) is 17.0. The van der Waals surface area contributed by atoms with Crippen LogP contribution in [-0.4, -0.2) is 29.1 Å². The highest BCUT2D eigenvalue weighted by atomic mass is 16.2. The van der Waals surface area contributed by atoms with Crippen molar-refractivity contribution in [3.8, 4) is 11.1 Å². The van der Waals surface area contributed by atoms with Gasteiger partial charge in [-0.2, -0.15) is 0 Å². The van der Waals surface area contributed by atoms with Gasteiger partial charge in [-0.05, 0) is 42.3 Å². The van der Waals surface area contributed by atoms with Crippen molar-refractivity contribution in [1.29, 1.82) is 0 Å². The first-order chi connectivity index (χ1) is 13.3. The lowest BCUT2D eigenvalue weighted by molar-refractivity contribution is 0.243. The van der Waals surface area contributed by atoms with Crippen LogP contribution in [0.1, 0.15) is 12.0 Å². The van der Waals surface area contributed by atoms with Crippen molar-refractivity contribution in [2.75, 3.05) is 23.3 Å². The number of carbonyl (C=O) groups is 1. The Balaban J connectivity index is 1.46. The zero-order chi connectivity index (χ0) is 18.5. The first-order valence-corrected chi connectivity index (χ1v) is 9.03. The minimum atomic E-state index is -0.0354. The topological polar surface area (TPSA) is 70.2 Å². The molecule has 0 atom stereocenters. The standard InChI is InChI=1S/C21H21N5O/c27-21-24-8-3-9-26(21)20-6-1-5-19(11-20)25-13-16-10-18(15-23-12-16)17-4-2-7-22-14-17/h1-2,4-7,10-12,14-15,25H,3,8-9,13H2,(H,24,27). The molecule has 0 radical (unpaired) electrons. The SMILES string of the molecule is O=C1NCCCN1c1cccc(NCc2cncc(-c3cccnc3)c2)c1. The van der Waals surface area contributed by atoms with Gasteiger partial charge in [0.2, 0.25) is 0 Å². The van der Waals surface area contributed by atoms with Gasteiger partial charge < -0.3 is 10.6 Å². The Hall–Kier alpha value is -3.41. The Morgan fingerprint density at radius 1 is 1.04 bits per heavy atom. The average Bonchev–Trinajstić information content (AvgIpc) is 2.74. The molecule has 1 aromatic carbocycles. The molecule has 4 rings (SSSR count). The Kier molecular flexibility index (Phi) is 4.96. The number of carbonyl (C=O) groups excluding carboxylic acids is 1. The van der Waals surface area contributed by atoms with Crippen LogP contribution in [0.4, 0.5) is 16.2 Å². The van der Waals surface area contributed by atoms with Crippen molar-refractivity contribution < 1.29 is 4.79 Å². The number of nitrogens with zero attached hydrogens (tertiary/aromatic N) is 3. The van der Waals surface area contributed by atoms with E-state index < -0.39 is 0 Å². The number of amides is 2. The van der Waals surface area contributed by atoms with Crippen LogP contribution in [0.25, 0.3) is 11.1 Å². The average molecular weight is 359 g/mol. The van der Waals surface area contributed by atoms with E-state index in [1.807, 2.05) is 55.0 Å². The van der Waals surface area contributed by atoms with Gasteiger partial charge in [0.15, 0.2) is 0 Å². The maximum atomic E-state index is 12.0. The Labute approximate surface area is 158 Å². The van der Waals surface area contributed by atoms with Crippen LogP contribution in [0.5, 0.6) is 0 Å². The fraction of sp³-hybridized carbons (Fsp3) is 0.190. The van der Waals surface area contributed by atoms with Crippen molar-refractivity contribution in [3.05, 3.63) is 72.8 Å². The van der Waals surface area contributed by atoms with Crippen molar-refractivity contribution in [2.24, 2.45) is 0 Å². The van der Waals surface area contributed by atoms with Crippen LogP contribution < -0.4 is 15.5 Å². The van der Waals surface area contributed by atoms with Gasteiger partial charge in [-0.1, -0.05) is 12.1 Å². The smallest absolute Gasteiger partial charge is 0.321 e. The molecule has 1 aliphatic rings. The molecular formula is C21H21N5O. The number of benzene rings is 1. The summed E-state index contributed by atoms with van der Waals surface area (Å²) in [4.78, 5) is 22.3. The lowest BCUT2D eigenvalue weighted by atomic mass is 10.1. The van der Waals surface area contributed by atoms with E-state index >= 15 is 0 Å². The molecule has 6 heteroatoms. The molecule has 136 valence electrons. The summed E-state index contributed by atoms with van der Waals surface area (Å²) in [6.07, 6.45) is 8.25. The van der Waals surface area contributed by atoms with E-state index in [0.717, 1.165) is 47.6 Å². The minimum absolute atomic E-state index is 0.0354. The highest BCUT2D eigenvalue weighted by molar-refractivity contribution is 5.93. The molecule has 0 spiro atoms. The van der Waals surface area contributed by atoms with Crippen molar-refractivity contribution in [1.82, 2.24) is 15.3 Å². The van der Waals surface area contributed by atoms with E-state index in [2.05, 4.69) is 26.7 Å². The second-order valence-corrected chi connectivity index (χ2v) is 6.46. The van der Waals surface area contributed by atoms with Gasteiger partial charge in [-0.15, -0.1) is 0 Å². The Bertz CT molecular complexity index is 929. The van der Waals surface area contributed by atoms with E-state index in [1.165, 1.54) is 0 Å². The van der Waals surface area contributed by atoms with Crippen LogP contribution in [0.15, 0.2) is 67.3 Å². The normalized spacial score (nSPS) is 13.9. The largest absolute Gasteiger partial charge is 0.381 e. The Morgan fingerprint density at radius 2 is 1.96 bits per heavy atom. The number of pyridine rings is 2. The Morgan fingerprint density at radius 3 is 2.81 bits per heavy atom. The van der Waals surface area contributed by atoms with E-state index in [4.69, 9.17) is 0 Å². The highest BCUT2D eigenvalue weighted by Gasteiger charge is 2.19. The quantitative estimate of drug-likeness (QED) is 0.729. The van der Waals surface area contributed by atoms with Crippen LogP contribution in [0, 0.1) is 0 Å². The molecule has 1 fully saturated rings. The fourth-order valence-corrected chi connectivity index (χ4v) is 3.14. The molecule has 0 bridgehead atoms. The summed E-state index contributed by atoms with van der Waals surface area (Å²) in [6.45, 7) is 2.14. The maximum absolute atomic E-state index is 12.0. The monoisotopic (exact) mass is 359 g/mol.